The van der Waals surface area contributed by atoms with Gasteiger partial charge in [-0.2, -0.15) is 0 Å². The number of hydrogen-bond donors (Lipinski definition) is 0. The maximum absolute atomic E-state index is 12.8. The lowest BCUT2D eigenvalue weighted by Gasteiger charge is -2.32. The molecule has 3 aromatic heterocycles. The van der Waals surface area contributed by atoms with Crippen molar-refractivity contribution in [2.75, 3.05) is 13.1 Å². The average molecular weight is 340 g/mol. The van der Waals surface area contributed by atoms with E-state index in [1.165, 1.54) is 11.3 Å². The van der Waals surface area contributed by atoms with Crippen molar-refractivity contribution in [1.82, 2.24) is 29.4 Å². The van der Waals surface area contributed by atoms with Gasteiger partial charge in [-0.15, -0.1) is 11.3 Å². The second kappa shape index (κ2) is 6.48. The molecule has 8 heteroatoms. The number of carbonyl (C=O) groups excluding carboxylic acids is 1. The number of amides is 1. The van der Waals surface area contributed by atoms with Crippen molar-refractivity contribution in [3.63, 3.8) is 0 Å². The molecule has 3 aromatic rings. The van der Waals surface area contributed by atoms with Crippen LogP contribution in [0.5, 0.6) is 0 Å². The number of aromatic nitrogens is 5. The quantitative estimate of drug-likeness (QED) is 0.731. The number of piperidine rings is 1. The molecular weight excluding hydrogens is 324 g/mol. The minimum Gasteiger partial charge on any atom is -0.335 e. The molecule has 1 unspecified atom stereocenters. The molecule has 24 heavy (non-hydrogen) atoms. The molecule has 4 heterocycles. The van der Waals surface area contributed by atoms with Crippen LogP contribution in [0.4, 0.5) is 0 Å². The first-order valence-corrected chi connectivity index (χ1v) is 8.68. The molecular formula is C16H16N6OS. The Balaban J connectivity index is 1.50. The van der Waals surface area contributed by atoms with Gasteiger partial charge in [-0.05, 0) is 12.8 Å². The molecule has 0 saturated carbocycles. The molecule has 0 spiro atoms. The Morgan fingerprint density at radius 2 is 2.21 bits per heavy atom. The molecule has 0 aliphatic carbocycles. The Morgan fingerprint density at radius 3 is 3.00 bits per heavy atom. The predicted octanol–water partition coefficient (Wildman–Crippen LogP) is 2.27. The van der Waals surface area contributed by atoms with E-state index in [-0.39, 0.29) is 11.9 Å². The maximum Gasteiger partial charge on any atom is 0.273 e. The topological polar surface area (TPSA) is 76.8 Å². The highest BCUT2D eigenvalue weighted by Gasteiger charge is 2.26. The fourth-order valence-electron chi connectivity index (χ4n) is 2.93. The van der Waals surface area contributed by atoms with Gasteiger partial charge < -0.3 is 9.47 Å². The van der Waals surface area contributed by atoms with E-state index in [4.69, 9.17) is 0 Å². The van der Waals surface area contributed by atoms with Crippen LogP contribution in [0.25, 0.3) is 10.7 Å². The third-order valence-electron chi connectivity index (χ3n) is 4.14. The van der Waals surface area contributed by atoms with Crippen molar-refractivity contribution in [2.24, 2.45) is 0 Å². The van der Waals surface area contributed by atoms with Gasteiger partial charge in [0.1, 0.15) is 16.4 Å². The highest BCUT2D eigenvalue weighted by Crippen LogP contribution is 2.25. The predicted molar refractivity (Wildman–Crippen MR) is 89.5 cm³/mol. The Bertz CT molecular complexity index is 816. The van der Waals surface area contributed by atoms with Gasteiger partial charge in [0.15, 0.2) is 0 Å². The van der Waals surface area contributed by atoms with E-state index in [0.717, 1.165) is 24.4 Å². The summed E-state index contributed by atoms with van der Waals surface area (Å²) in [4.78, 5) is 31.5. The van der Waals surface area contributed by atoms with E-state index >= 15 is 0 Å². The van der Waals surface area contributed by atoms with Gasteiger partial charge >= 0.3 is 0 Å². The zero-order valence-corrected chi connectivity index (χ0v) is 13.8. The van der Waals surface area contributed by atoms with E-state index in [9.17, 15) is 4.79 Å². The van der Waals surface area contributed by atoms with Crippen LogP contribution in [-0.4, -0.2) is 48.4 Å². The summed E-state index contributed by atoms with van der Waals surface area (Å²) < 4.78 is 2.07. The second-order valence-electron chi connectivity index (χ2n) is 5.69. The van der Waals surface area contributed by atoms with Gasteiger partial charge in [0.05, 0.1) is 18.6 Å². The van der Waals surface area contributed by atoms with Gasteiger partial charge in [-0.3, -0.25) is 14.8 Å². The molecule has 1 amide bonds. The van der Waals surface area contributed by atoms with Crippen molar-refractivity contribution in [2.45, 2.75) is 18.9 Å². The maximum atomic E-state index is 12.8. The first kappa shape index (κ1) is 14.9. The molecule has 0 bridgehead atoms. The Morgan fingerprint density at radius 1 is 1.25 bits per heavy atom. The summed E-state index contributed by atoms with van der Waals surface area (Å²) >= 11 is 1.42. The van der Waals surface area contributed by atoms with Crippen molar-refractivity contribution in [3.8, 4) is 10.7 Å². The number of thiazole rings is 1. The Kier molecular flexibility index (Phi) is 4.04. The summed E-state index contributed by atoms with van der Waals surface area (Å²) in [5.74, 6) is -0.0220. The summed E-state index contributed by atoms with van der Waals surface area (Å²) in [6.07, 6.45) is 12.5. The van der Waals surface area contributed by atoms with Crippen molar-refractivity contribution in [3.05, 3.63) is 48.4 Å². The van der Waals surface area contributed by atoms with Crippen LogP contribution >= 0.6 is 11.3 Å². The zero-order chi connectivity index (χ0) is 16.4. The molecule has 4 rings (SSSR count). The van der Waals surface area contributed by atoms with E-state index in [1.807, 2.05) is 17.4 Å². The zero-order valence-electron chi connectivity index (χ0n) is 12.9. The Hall–Kier alpha value is -2.61. The lowest BCUT2D eigenvalue weighted by atomic mass is 10.1. The molecule has 1 atom stereocenters. The van der Waals surface area contributed by atoms with Crippen LogP contribution in [0.1, 0.15) is 29.4 Å². The summed E-state index contributed by atoms with van der Waals surface area (Å²) in [7, 11) is 0. The standard InChI is InChI=1S/C16H16N6OS/c23-16(14-10-24-15(20-14)13-8-17-3-4-19-13)21-6-1-2-12(9-21)22-7-5-18-11-22/h3-5,7-8,10-12H,1-2,6,9H2. The van der Waals surface area contributed by atoms with Gasteiger partial charge in [-0.1, -0.05) is 0 Å². The Labute approximate surface area is 143 Å². The molecule has 122 valence electrons. The average Bonchev–Trinajstić information content (AvgIpc) is 3.34. The van der Waals surface area contributed by atoms with Crippen LogP contribution in [0.2, 0.25) is 0 Å². The summed E-state index contributed by atoms with van der Waals surface area (Å²) in [6, 6.07) is 0.281. The fourth-order valence-corrected chi connectivity index (χ4v) is 3.68. The number of hydrogen-bond acceptors (Lipinski definition) is 6. The van der Waals surface area contributed by atoms with Crippen LogP contribution in [0, 0.1) is 0 Å². The minimum atomic E-state index is -0.0220. The fraction of sp³-hybridized carbons (Fsp3) is 0.312. The molecule has 7 nitrogen and oxygen atoms in total. The van der Waals surface area contributed by atoms with Gasteiger partial charge in [-0.25, -0.2) is 9.97 Å². The summed E-state index contributed by atoms with van der Waals surface area (Å²) in [5.41, 5.74) is 1.17. The molecule has 1 saturated heterocycles. The van der Waals surface area contributed by atoms with Gasteiger partial charge in [0.25, 0.3) is 5.91 Å². The highest BCUT2D eigenvalue weighted by molar-refractivity contribution is 7.13. The summed E-state index contributed by atoms with van der Waals surface area (Å²) in [6.45, 7) is 1.45. The van der Waals surface area contributed by atoms with Crippen molar-refractivity contribution < 1.29 is 4.79 Å². The molecule has 1 aliphatic rings. The molecule has 1 fully saturated rings. The van der Waals surface area contributed by atoms with E-state index in [0.29, 0.717) is 17.9 Å². The van der Waals surface area contributed by atoms with Crippen LogP contribution in [0.15, 0.2) is 42.7 Å². The SMILES string of the molecule is O=C(c1csc(-c2cnccn2)n1)N1CCCC(n2ccnc2)C1. The number of likely N-dealkylation sites (tertiary alicyclic amines) is 1. The van der Waals surface area contributed by atoms with Crippen LogP contribution < -0.4 is 0 Å². The van der Waals surface area contributed by atoms with Crippen LogP contribution in [0.3, 0.4) is 0 Å². The van der Waals surface area contributed by atoms with Crippen molar-refractivity contribution >= 4 is 17.2 Å². The lowest BCUT2D eigenvalue weighted by molar-refractivity contribution is 0.0674. The first-order chi connectivity index (χ1) is 11.8. The smallest absolute Gasteiger partial charge is 0.273 e. The molecule has 0 aromatic carbocycles. The summed E-state index contributed by atoms with van der Waals surface area (Å²) in [5, 5.41) is 2.52. The third-order valence-corrected chi connectivity index (χ3v) is 5.00. The minimum absolute atomic E-state index is 0.0220. The third kappa shape index (κ3) is 2.92. The van der Waals surface area contributed by atoms with Crippen LogP contribution in [-0.2, 0) is 0 Å². The van der Waals surface area contributed by atoms with Gasteiger partial charge in [0, 0.05) is 43.3 Å². The number of imidazole rings is 1. The molecule has 1 aliphatic heterocycles. The van der Waals surface area contributed by atoms with E-state index in [1.54, 1.807) is 30.2 Å². The number of carbonyl (C=O) groups is 1. The highest BCUT2D eigenvalue weighted by atomic mass is 32.1. The lowest BCUT2D eigenvalue weighted by Crippen LogP contribution is -2.40. The largest absolute Gasteiger partial charge is 0.335 e. The molecule has 0 N–H and O–H groups in total. The number of nitrogens with zero attached hydrogens (tertiary/aromatic N) is 6. The first-order valence-electron chi connectivity index (χ1n) is 7.80. The molecule has 0 radical (unpaired) electrons. The second-order valence-corrected chi connectivity index (χ2v) is 6.54. The van der Waals surface area contributed by atoms with E-state index < -0.39 is 0 Å². The van der Waals surface area contributed by atoms with Gasteiger partial charge in [0.2, 0.25) is 0 Å². The van der Waals surface area contributed by atoms with E-state index in [2.05, 4.69) is 24.5 Å². The normalized spacial score (nSPS) is 17.8. The monoisotopic (exact) mass is 340 g/mol. The number of rotatable bonds is 3. The van der Waals surface area contributed by atoms with Crippen molar-refractivity contribution in [1.29, 1.82) is 0 Å².